The van der Waals surface area contributed by atoms with Crippen LogP contribution in [0.2, 0.25) is 0 Å². The predicted octanol–water partition coefficient (Wildman–Crippen LogP) is 2.73. The van der Waals surface area contributed by atoms with E-state index in [-0.39, 0.29) is 6.04 Å². The van der Waals surface area contributed by atoms with E-state index in [1.54, 1.807) is 0 Å². The highest BCUT2D eigenvalue weighted by atomic mass is 16.2. The first kappa shape index (κ1) is 16.5. The smallest absolute Gasteiger partial charge is 0.223 e. The molecule has 1 amide bonds. The van der Waals surface area contributed by atoms with Gasteiger partial charge in [0, 0.05) is 26.6 Å². The van der Waals surface area contributed by atoms with E-state index in [1.165, 1.54) is 31.4 Å². The van der Waals surface area contributed by atoms with E-state index in [9.17, 15) is 4.79 Å². The first-order valence-corrected chi connectivity index (χ1v) is 9.01. The minimum absolute atomic E-state index is 0.186. The van der Waals surface area contributed by atoms with Crippen LogP contribution >= 0.6 is 0 Å². The quantitative estimate of drug-likeness (QED) is 0.838. The molecule has 1 unspecified atom stereocenters. The SMILES string of the molecule is CN(C)Cc1cc(C2CCCN2C(=O)CC2CCCC2)nn1C. The molecule has 128 valence electrons. The summed E-state index contributed by atoms with van der Waals surface area (Å²) in [6, 6.07) is 2.37. The number of aromatic nitrogens is 2. The van der Waals surface area contributed by atoms with Crippen molar-refractivity contribution in [1.82, 2.24) is 19.6 Å². The third-order valence-electron chi connectivity index (χ3n) is 5.33. The molecule has 1 aliphatic heterocycles. The van der Waals surface area contributed by atoms with Crippen molar-refractivity contribution in [3.8, 4) is 0 Å². The first-order chi connectivity index (χ1) is 11.0. The fourth-order valence-corrected chi connectivity index (χ4v) is 4.12. The van der Waals surface area contributed by atoms with Gasteiger partial charge in [-0.3, -0.25) is 9.48 Å². The largest absolute Gasteiger partial charge is 0.334 e. The van der Waals surface area contributed by atoms with Crippen LogP contribution in [0.4, 0.5) is 0 Å². The molecular weight excluding hydrogens is 288 g/mol. The van der Waals surface area contributed by atoms with Gasteiger partial charge >= 0.3 is 0 Å². The summed E-state index contributed by atoms with van der Waals surface area (Å²) in [7, 11) is 6.14. The van der Waals surface area contributed by atoms with Crippen LogP contribution in [-0.2, 0) is 18.4 Å². The molecule has 3 rings (SSSR count). The monoisotopic (exact) mass is 318 g/mol. The number of amides is 1. The molecule has 5 heteroatoms. The molecule has 5 nitrogen and oxygen atoms in total. The van der Waals surface area contributed by atoms with Crippen molar-refractivity contribution in [2.75, 3.05) is 20.6 Å². The number of hydrogen-bond acceptors (Lipinski definition) is 3. The third-order valence-corrected chi connectivity index (χ3v) is 5.33. The molecule has 2 heterocycles. The van der Waals surface area contributed by atoms with Crippen LogP contribution < -0.4 is 0 Å². The summed E-state index contributed by atoms with van der Waals surface area (Å²) < 4.78 is 1.97. The van der Waals surface area contributed by atoms with Crippen molar-refractivity contribution in [2.45, 2.75) is 57.5 Å². The van der Waals surface area contributed by atoms with Crippen LogP contribution in [0.5, 0.6) is 0 Å². The van der Waals surface area contributed by atoms with Gasteiger partial charge in [-0.15, -0.1) is 0 Å². The fourth-order valence-electron chi connectivity index (χ4n) is 4.12. The summed E-state index contributed by atoms with van der Waals surface area (Å²) in [6.07, 6.45) is 7.97. The lowest BCUT2D eigenvalue weighted by molar-refractivity contribution is -0.133. The van der Waals surface area contributed by atoms with E-state index < -0.39 is 0 Å². The highest BCUT2D eigenvalue weighted by molar-refractivity contribution is 5.77. The molecule has 1 saturated heterocycles. The molecule has 0 radical (unpaired) electrons. The number of likely N-dealkylation sites (tertiary alicyclic amines) is 1. The molecule has 0 bridgehead atoms. The molecule has 1 aliphatic carbocycles. The number of nitrogens with zero attached hydrogens (tertiary/aromatic N) is 4. The zero-order chi connectivity index (χ0) is 16.4. The maximum Gasteiger partial charge on any atom is 0.223 e. The molecule has 1 atom stereocenters. The van der Waals surface area contributed by atoms with E-state index in [1.807, 2.05) is 11.7 Å². The lowest BCUT2D eigenvalue weighted by atomic mass is 10.0. The van der Waals surface area contributed by atoms with E-state index in [4.69, 9.17) is 5.10 Å². The number of carbonyl (C=O) groups is 1. The summed E-state index contributed by atoms with van der Waals surface area (Å²) in [5.74, 6) is 0.969. The molecule has 1 aromatic rings. The zero-order valence-electron chi connectivity index (χ0n) is 14.8. The zero-order valence-corrected chi connectivity index (χ0v) is 14.8. The van der Waals surface area contributed by atoms with Gasteiger partial charge in [-0.1, -0.05) is 12.8 Å². The Kier molecular flexibility index (Phi) is 5.05. The van der Waals surface area contributed by atoms with Gasteiger partial charge in [-0.05, 0) is 51.8 Å². The average molecular weight is 318 g/mol. The van der Waals surface area contributed by atoms with Crippen molar-refractivity contribution < 1.29 is 4.79 Å². The van der Waals surface area contributed by atoms with Crippen LogP contribution in [0.15, 0.2) is 6.07 Å². The molecule has 0 spiro atoms. The van der Waals surface area contributed by atoms with E-state index in [0.29, 0.717) is 11.8 Å². The van der Waals surface area contributed by atoms with Crippen molar-refractivity contribution >= 4 is 5.91 Å². The van der Waals surface area contributed by atoms with Crippen LogP contribution in [0, 0.1) is 5.92 Å². The summed E-state index contributed by atoms with van der Waals surface area (Å²) in [5, 5.41) is 4.71. The Labute approximate surface area is 139 Å². The number of carbonyl (C=O) groups excluding carboxylic acids is 1. The Balaban J connectivity index is 1.69. The molecule has 0 N–H and O–H groups in total. The maximum absolute atomic E-state index is 12.7. The van der Waals surface area contributed by atoms with E-state index >= 15 is 0 Å². The second-order valence-electron chi connectivity index (χ2n) is 7.52. The van der Waals surface area contributed by atoms with E-state index in [0.717, 1.165) is 38.0 Å². The van der Waals surface area contributed by atoms with Gasteiger partial charge < -0.3 is 9.80 Å². The lowest BCUT2D eigenvalue weighted by Gasteiger charge is -2.24. The number of aryl methyl sites for hydroxylation is 1. The van der Waals surface area contributed by atoms with Gasteiger partial charge in [0.1, 0.15) is 0 Å². The van der Waals surface area contributed by atoms with Crippen molar-refractivity contribution in [1.29, 1.82) is 0 Å². The summed E-state index contributed by atoms with van der Waals surface area (Å²) in [5.41, 5.74) is 2.28. The summed E-state index contributed by atoms with van der Waals surface area (Å²) >= 11 is 0. The second kappa shape index (κ2) is 7.04. The lowest BCUT2D eigenvalue weighted by Crippen LogP contribution is -2.31. The molecule has 2 fully saturated rings. The Hall–Kier alpha value is -1.36. The Morgan fingerprint density at radius 2 is 2.00 bits per heavy atom. The summed E-state index contributed by atoms with van der Waals surface area (Å²) in [6.45, 7) is 1.78. The normalized spacial score (nSPS) is 22.4. The summed E-state index contributed by atoms with van der Waals surface area (Å²) in [4.78, 5) is 17.0. The standard InChI is InChI=1S/C18H30N4O/c1-20(2)13-15-12-16(19-21(15)3)17-9-6-10-22(17)18(23)11-14-7-4-5-8-14/h12,14,17H,4-11,13H2,1-3H3. The molecule has 1 saturated carbocycles. The van der Waals surface area contributed by atoms with Gasteiger partial charge in [0.25, 0.3) is 0 Å². The molecule has 0 aromatic carbocycles. The van der Waals surface area contributed by atoms with Gasteiger partial charge in [-0.25, -0.2) is 0 Å². The van der Waals surface area contributed by atoms with Gasteiger partial charge in [-0.2, -0.15) is 5.10 Å². The molecular formula is C18H30N4O. The molecule has 2 aliphatic rings. The van der Waals surface area contributed by atoms with Crippen LogP contribution in [0.1, 0.15) is 62.4 Å². The maximum atomic E-state index is 12.7. The third kappa shape index (κ3) is 3.77. The number of rotatable bonds is 5. The Morgan fingerprint density at radius 3 is 2.70 bits per heavy atom. The van der Waals surface area contributed by atoms with Crippen LogP contribution in [0.3, 0.4) is 0 Å². The van der Waals surface area contributed by atoms with Crippen LogP contribution in [-0.4, -0.2) is 46.1 Å². The highest BCUT2D eigenvalue weighted by Crippen LogP contribution is 2.34. The Morgan fingerprint density at radius 1 is 1.26 bits per heavy atom. The predicted molar refractivity (Wildman–Crippen MR) is 90.9 cm³/mol. The minimum Gasteiger partial charge on any atom is -0.334 e. The van der Waals surface area contributed by atoms with Gasteiger partial charge in [0.05, 0.1) is 17.4 Å². The van der Waals surface area contributed by atoms with Crippen LogP contribution in [0.25, 0.3) is 0 Å². The van der Waals surface area contributed by atoms with Gasteiger partial charge in [0.2, 0.25) is 5.91 Å². The second-order valence-corrected chi connectivity index (χ2v) is 7.52. The van der Waals surface area contributed by atoms with Gasteiger partial charge in [0.15, 0.2) is 0 Å². The Bertz CT molecular complexity index is 545. The van der Waals surface area contributed by atoms with Crippen molar-refractivity contribution in [2.24, 2.45) is 13.0 Å². The molecule has 1 aromatic heterocycles. The van der Waals surface area contributed by atoms with E-state index in [2.05, 4.69) is 30.0 Å². The fraction of sp³-hybridized carbons (Fsp3) is 0.778. The average Bonchev–Trinajstić information content (AvgIpc) is 3.20. The van der Waals surface area contributed by atoms with Crippen molar-refractivity contribution in [3.63, 3.8) is 0 Å². The highest BCUT2D eigenvalue weighted by Gasteiger charge is 2.33. The first-order valence-electron chi connectivity index (χ1n) is 9.01. The topological polar surface area (TPSA) is 41.4 Å². The molecule has 23 heavy (non-hydrogen) atoms. The number of hydrogen-bond donors (Lipinski definition) is 0. The van der Waals surface area contributed by atoms with Crippen molar-refractivity contribution in [3.05, 3.63) is 17.5 Å². The minimum atomic E-state index is 0.186.